The maximum Gasteiger partial charge on any atom is 0.264 e. The van der Waals surface area contributed by atoms with Crippen LogP contribution in [0.25, 0.3) is 16.8 Å². The Kier molecular flexibility index (Phi) is 6.17. The lowest BCUT2D eigenvalue weighted by Gasteiger charge is -2.35. The molecule has 0 amide bonds. The molecule has 0 spiro atoms. The van der Waals surface area contributed by atoms with Crippen LogP contribution < -0.4 is 4.90 Å². The van der Waals surface area contributed by atoms with Gasteiger partial charge in [-0.3, -0.25) is 0 Å². The first-order chi connectivity index (χ1) is 14.5. The van der Waals surface area contributed by atoms with Gasteiger partial charge in [0.25, 0.3) is 6.43 Å². The number of piperidine rings is 1. The molecule has 4 rings (SSSR count). The van der Waals surface area contributed by atoms with Crippen LogP contribution in [-0.4, -0.2) is 48.2 Å². The molecule has 1 saturated heterocycles. The fraction of sp³-hybridized carbons (Fsp3) is 0.429. The van der Waals surface area contributed by atoms with Crippen LogP contribution in [0.2, 0.25) is 5.28 Å². The van der Waals surface area contributed by atoms with Crippen molar-refractivity contribution in [3.05, 3.63) is 47.2 Å². The van der Waals surface area contributed by atoms with E-state index >= 15 is 0 Å². The number of benzene rings is 1. The molecular formula is C21H23ClF2N4O2. The van der Waals surface area contributed by atoms with E-state index in [4.69, 9.17) is 21.1 Å². The number of hydrogen-bond donors (Lipinski definition) is 0. The molecule has 1 fully saturated rings. The van der Waals surface area contributed by atoms with E-state index in [1.165, 1.54) is 6.07 Å². The van der Waals surface area contributed by atoms with Crippen LogP contribution in [-0.2, 0) is 9.47 Å². The lowest BCUT2D eigenvalue weighted by atomic mass is 9.96. The number of hydrogen-bond acceptors (Lipinski definition) is 5. The summed E-state index contributed by atoms with van der Waals surface area (Å²) in [5, 5.41) is 4.36. The quantitative estimate of drug-likeness (QED) is 0.518. The molecule has 0 bridgehead atoms. The second-order valence-corrected chi connectivity index (χ2v) is 7.61. The largest absolute Gasteiger partial charge is 0.356 e. The van der Waals surface area contributed by atoms with Gasteiger partial charge in [-0.05, 0) is 36.6 Å². The van der Waals surface area contributed by atoms with Gasteiger partial charge in [-0.25, -0.2) is 13.3 Å². The first kappa shape index (κ1) is 21.0. The number of fused-ring (bicyclic) bond motifs is 1. The molecule has 0 N–H and O–H groups in total. The van der Waals surface area contributed by atoms with E-state index in [-0.39, 0.29) is 17.1 Å². The van der Waals surface area contributed by atoms with Crippen molar-refractivity contribution in [1.29, 1.82) is 0 Å². The summed E-state index contributed by atoms with van der Waals surface area (Å²) in [6.45, 7) is 1.51. The maximum absolute atomic E-state index is 13.5. The minimum absolute atomic E-state index is 0.0419. The van der Waals surface area contributed by atoms with Crippen LogP contribution in [0.1, 0.15) is 24.8 Å². The zero-order valence-corrected chi connectivity index (χ0v) is 17.5. The fourth-order valence-electron chi connectivity index (χ4n) is 4.18. The Morgan fingerprint density at radius 1 is 1.07 bits per heavy atom. The molecule has 0 unspecified atom stereocenters. The van der Waals surface area contributed by atoms with Gasteiger partial charge in [-0.2, -0.15) is 4.98 Å². The number of nitrogens with zero attached hydrogens (tertiary/aromatic N) is 4. The Labute approximate surface area is 178 Å². The molecule has 30 heavy (non-hydrogen) atoms. The second kappa shape index (κ2) is 8.83. The summed E-state index contributed by atoms with van der Waals surface area (Å²) in [5.41, 5.74) is 1.67. The molecule has 0 atom stereocenters. The maximum atomic E-state index is 13.5. The summed E-state index contributed by atoms with van der Waals surface area (Å²) in [4.78, 5) is 6.59. The van der Waals surface area contributed by atoms with Gasteiger partial charge in [0, 0.05) is 44.4 Å². The summed E-state index contributed by atoms with van der Waals surface area (Å²) in [7, 11) is 3.29. The van der Waals surface area contributed by atoms with Gasteiger partial charge >= 0.3 is 0 Å². The third kappa shape index (κ3) is 3.87. The van der Waals surface area contributed by atoms with Crippen molar-refractivity contribution in [1.82, 2.24) is 14.6 Å². The summed E-state index contributed by atoms with van der Waals surface area (Å²) < 4.78 is 39.5. The lowest BCUT2D eigenvalue weighted by Crippen LogP contribution is -2.39. The van der Waals surface area contributed by atoms with Crippen molar-refractivity contribution >= 4 is 22.9 Å². The van der Waals surface area contributed by atoms with Gasteiger partial charge in [0.1, 0.15) is 5.52 Å². The predicted octanol–water partition coefficient (Wildman–Crippen LogP) is 4.82. The van der Waals surface area contributed by atoms with Crippen molar-refractivity contribution in [3.63, 3.8) is 0 Å². The number of rotatable bonds is 6. The number of alkyl halides is 2. The van der Waals surface area contributed by atoms with E-state index in [1.807, 2.05) is 6.07 Å². The Hall–Kier alpha value is -2.29. The highest BCUT2D eigenvalue weighted by Crippen LogP contribution is 2.35. The number of aromatic nitrogens is 3. The second-order valence-electron chi connectivity index (χ2n) is 7.27. The van der Waals surface area contributed by atoms with Crippen LogP contribution in [0, 0.1) is 5.92 Å². The standard InChI is InChI=1S/C21H23ClF2N4O2/c1-29-20(30-2)13-9-11-27(12-10-13)19-17-8-7-16(28(17)26-21(22)25-19)14-5-3-4-6-15(14)18(23)24/h3-8,13,18,20H,9-12H2,1-2H3. The highest BCUT2D eigenvalue weighted by atomic mass is 35.5. The first-order valence-electron chi connectivity index (χ1n) is 9.76. The van der Waals surface area contributed by atoms with Crippen LogP contribution in [0.3, 0.4) is 0 Å². The predicted molar refractivity (Wildman–Crippen MR) is 111 cm³/mol. The van der Waals surface area contributed by atoms with E-state index < -0.39 is 6.43 Å². The van der Waals surface area contributed by atoms with E-state index in [9.17, 15) is 8.78 Å². The zero-order chi connectivity index (χ0) is 21.3. The van der Waals surface area contributed by atoms with Crippen molar-refractivity contribution in [2.45, 2.75) is 25.6 Å². The van der Waals surface area contributed by atoms with Gasteiger partial charge in [0.05, 0.1) is 5.69 Å². The van der Waals surface area contributed by atoms with Crippen LogP contribution in [0.5, 0.6) is 0 Å². The fourth-order valence-corrected chi connectivity index (χ4v) is 4.33. The van der Waals surface area contributed by atoms with Gasteiger partial charge in [-0.1, -0.05) is 24.3 Å². The van der Waals surface area contributed by atoms with Gasteiger partial charge < -0.3 is 14.4 Å². The van der Waals surface area contributed by atoms with E-state index in [0.29, 0.717) is 23.0 Å². The minimum atomic E-state index is -2.59. The van der Waals surface area contributed by atoms with Gasteiger partial charge in [0.2, 0.25) is 5.28 Å². The molecule has 1 aliphatic rings. The topological polar surface area (TPSA) is 51.9 Å². The van der Waals surface area contributed by atoms with Crippen molar-refractivity contribution < 1.29 is 18.3 Å². The Morgan fingerprint density at radius 2 is 1.77 bits per heavy atom. The summed E-state index contributed by atoms with van der Waals surface area (Å²) in [5.74, 6) is 0.991. The molecule has 9 heteroatoms. The molecule has 0 radical (unpaired) electrons. The summed E-state index contributed by atoms with van der Waals surface area (Å²) in [6.07, 6.45) is -1.06. The third-order valence-electron chi connectivity index (χ3n) is 5.63. The van der Waals surface area contributed by atoms with Crippen LogP contribution >= 0.6 is 11.6 Å². The van der Waals surface area contributed by atoms with Crippen LogP contribution in [0.4, 0.5) is 14.6 Å². The third-order valence-corrected chi connectivity index (χ3v) is 5.79. The molecule has 3 heterocycles. The monoisotopic (exact) mass is 436 g/mol. The molecule has 0 saturated carbocycles. The Morgan fingerprint density at radius 3 is 2.43 bits per heavy atom. The average Bonchev–Trinajstić information content (AvgIpc) is 3.18. The number of ether oxygens (including phenoxy) is 2. The normalized spacial score (nSPS) is 15.6. The molecule has 2 aromatic heterocycles. The molecule has 3 aromatic rings. The van der Waals surface area contributed by atoms with Crippen LogP contribution in [0.15, 0.2) is 36.4 Å². The van der Waals surface area contributed by atoms with E-state index in [0.717, 1.165) is 31.4 Å². The highest BCUT2D eigenvalue weighted by molar-refractivity contribution is 6.28. The molecule has 160 valence electrons. The Balaban J connectivity index is 1.69. The highest BCUT2D eigenvalue weighted by Gasteiger charge is 2.28. The number of methoxy groups -OCH3 is 2. The van der Waals surface area contributed by atoms with Gasteiger partial charge in [-0.15, -0.1) is 5.10 Å². The summed E-state index contributed by atoms with van der Waals surface area (Å²) >= 11 is 6.23. The van der Waals surface area contributed by atoms with Crippen molar-refractivity contribution in [2.24, 2.45) is 5.92 Å². The van der Waals surface area contributed by atoms with Crippen molar-refractivity contribution in [2.75, 3.05) is 32.2 Å². The van der Waals surface area contributed by atoms with Crippen molar-refractivity contribution in [3.8, 4) is 11.3 Å². The minimum Gasteiger partial charge on any atom is -0.356 e. The van der Waals surface area contributed by atoms with Gasteiger partial charge in [0.15, 0.2) is 12.1 Å². The Bertz CT molecular complexity index is 1020. The number of anilines is 1. The lowest BCUT2D eigenvalue weighted by molar-refractivity contribution is -0.141. The van der Waals surface area contributed by atoms with E-state index in [1.54, 1.807) is 43.0 Å². The van der Waals surface area contributed by atoms with E-state index in [2.05, 4.69) is 15.0 Å². The smallest absolute Gasteiger partial charge is 0.264 e. The zero-order valence-electron chi connectivity index (χ0n) is 16.8. The average molecular weight is 437 g/mol. The first-order valence-corrected chi connectivity index (χ1v) is 10.1. The summed E-state index contributed by atoms with van der Waals surface area (Å²) in [6, 6.07) is 10.1. The molecule has 6 nitrogen and oxygen atoms in total. The SMILES string of the molecule is COC(OC)C1CCN(c2nc(Cl)nn3c(-c4ccccc4C(F)F)ccc23)CC1. The number of halogens is 3. The molecular weight excluding hydrogens is 414 g/mol. The molecule has 1 aliphatic heterocycles. The molecule has 0 aliphatic carbocycles. The molecule has 1 aromatic carbocycles.